The molecule has 0 fully saturated rings. The molecule has 0 aliphatic heterocycles. The molecule has 0 aliphatic rings. The number of rotatable bonds is 4. The van der Waals surface area contributed by atoms with E-state index < -0.39 is 0 Å². The molecule has 1 heterocycles. The van der Waals surface area contributed by atoms with Gasteiger partial charge in [0.15, 0.2) is 0 Å². The van der Waals surface area contributed by atoms with Gasteiger partial charge in [-0.3, -0.25) is 4.98 Å². The second-order valence-electron chi connectivity index (χ2n) is 5.20. The lowest BCUT2D eigenvalue weighted by Crippen LogP contribution is -2.08. The summed E-state index contributed by atoms with van der Waals surface area (Å²) in [5.74, 6) is 0.440. The molecule has 0 saturated heterocycles. The number of anilines is 1. The first-order chi connectivity index (χ1) is 9.06. The highest BCUT2D eigenvalue weighted by Gasteiger charge is 2.16. The molecule has 1 aromatic carbocycles. The number of hydrogen-bond donors (Lipinski definition) is 1. The molecule has 2 rings (SSSR count). The molecule has 2 nitrogen and oxygen atoms in total. The van der Waals surface area contributed by atoms with Gasteiger partial charge in [-0.1, -0.05) is 44.5 Å². The van der Waals surface area contributed by atoms with Crippen LogP contribution in [0.15, 0.2) is 18.2 Å². The maximum Gasteiger partial charge on any atom is 0.0912 e. The van der Waals surface area contributed by atoms with E-state index in [-0.39, 0.29) is 0 Å². The van der Waals surface area contributed by atoms with Crippen molar-refractivity contribution in [1.29, 1.82) is 0 Å². The standard InChI is InChI=1S/C16H21ClN2/c1-5-9-18-16-12-7-6-8-13(17)15(12)19-11(4)14(16)10(2)3/h6-8,10H,5,9H2,1-4H3,(H,18,19). The molecule has 0 bridgehead atoms. The summed E-state index contributed by atoms with van der Waals surface area (Å²) in [6, 6.07) is 5.98. The van der Waals surface area contributed by atoms with E-state index in [0.29, 0.717) is 5.92 Å². The highest BCUT2D eigenvalue weighted by Crippen LogP contribution is 2.35. The maximum atomic E-state index is 6.28. The summed E-state index contributed by atoms with van der Waals surface area (Å²) < 4.78 is 0. The molecule has 2 aromatic rings. The number of aryl methyl sites for hydroxylation is 1. The summed E-state index contributed by atoms with van der Waals surface area (Å²) >= 11 is 6.28. The Balaban J connectivity index is 2.75. The highest BCUT2D eigenvalue weighted by molar-refractivity contribution is 6.35. The van der Waals surface area contributed by atoms with E-state index in [0.717, 1.165) is 34.6 Å². The Morgan fingerprint density at radius 3 is 2.68 bits per heavy atom. The smallest absolute Gasteiger partial charge is 0.0912 e. The predicted octanol–water partition coefficient (Wildman–Crippen LogP) is 5.14. The van der Waals surface area contributed by atoms with E-state index in [4.69, 9.17) is 16.6 Å². The van der Waals surface area contributed by atoms with Crippen molar-refractivity contribution in [3.8, 4) is 0 Å². The Hall–Kier alpha value is -1.28. The molecule has 1 N–H and O–H groups in total. The Bertz CT molecular complexity index is 591. The van der Waals surface area contributed by atoms with E-state index in [1.165, 1.54) is 11.3 Å². The largest absolute Gasteiger partial charge is 0.384 e. The molecule has 1 aromatic heterocycles. The molecular formula is C16H21ClN2. The average Bonchev–Trinajstić information content (AvgIpc) is 2.36. The molecular weight excluding hydrogens is 256 g/mol. The van der Waals surface area contributed by atoms with Gasteiger partial charge in [-0.2, -0.15) is 0 Å². The third kappa shape index (κ3) is 2.69. The van der Waals surface area contributed by atoms with Gasteiger partial charge < -0.3 is 5.32 Å². The lowest BCUT2D eigenvalue weighted by Gasteiger charge is -2.19. The van der Waals surface area contributed by atoms with Crippen LogP contribution in [0.4, 0.5) is 5.69 Å². The molecule has 0 atom stereocenters. The van der Waals surface area contributed by atoms with Gasteiger partial charge in [-0.05, 0) is 30.9 Å². The van der Waals surface area contributed by atoms with Gasteiger partial charge in [0.2, 0.25) is 0 Å². The number of halogens is 1. The quantitative estimate of drug-likeness (QED) is 0.836. The van der Waals surface area contributed by atoms with E-state index in [9.17, 15) is 0 Å². The van der Waals surface area contributed by atoms with Crippen molar-refractivity contribution >= 4 is 28.2 Å². The second-order valence-corrected chi connectivity index (χ2v) is 5.61. The van der Waals surface area contributed by atoms with Crippen molar-refractivity contribution in [3.63, 3.8) is 0 Å². The fourth-order valence-electron chi connectivity index (χ4n) is 2.53. The van der Waals surface area contributed by atoms with Gasteiger partial charge in [-0.15, -0.1) is 0 Å². The topological polar surface area (TPSA) is 24.9 Å². The number of nitrogens with zero attached hydrogens (tertiary/aromatic N) is 1. The Morgan fingerprint density at radius 1 is 1.32 bits per heavy atom. The van der Waals surface area contributed by atoms with Gasteiger partial charge in [0.25, 0.3) is 0 Å². The highest BCUT2D eigenvalue weighted by atomic mass is 35.5. The number of benzene rings is 1. The van der Waals surface area contributed by atoms with Crippen molar-refractivity contribution < 1.29 is 0 Å². The molecule has 0 radical (unpaired) electrons. The van der Waals surface area contributed by atoms with Gasteiger partial charge in [-0.25, -0.2) is 0 Å². The van der Waals surface area contributed by atoms with E-state index in [1.54, 1.807) is 0 Å². The van der Waals surface area contributed by atoms with E-state index in [1.807, 2.05) is 12.1 Å². The number of hydrogen-bond acceptors (Lipinski definition) is 2. The van der Waals surface area contributed by atoms with Gasteiger partial charge in [0, 0.05) is 23.3 Å². The van der Waals surface area contributed by atoms with Crippen molar-refractivity contribution in [2.75, 3.05) is 11.9 Å². The first-order valence-corrected chi connectivity index (χ1v) is 7.26. The van der Waals surface area contributed by atoms with Crippen molar-refractivity contribution in [3.05, 3.63) is 34.5 Å². The molecule has 0 unspecified atom stereocenters. The minimum absolute atomic E-state index is 0.440. The van der Waals surface area contributed by atoms with Crippen LogP contribution in [0.5, 0.6) is 0 Å². The second kappa shape index (κ2) is 5.79. The third-order valence-electron chi connectivity index (χ3n) is 3.32. The average molecular weight is 277 g/mol. The number of nitrogens with one attached hydrogen (secondary N) is 1. The SMILES string of the molecule is CCCNc1c(C(C)C)c(C)nc2c(Cl)cccc12. The zero-order valence-corrected chi connectivity index (χ0v) is 12.8. The first-order valence-electron chi connectivity index (χ1n) is 6.88. The van der Waals surface area contributed by atoms with Crippen LogP contribution in [0.2, 0.25) is 5.02 Å². The van der Waals surface area contributed by atoms with Crippen molar-refractivity contribution in [1.82, 2.24) is 4.98 Å². The number of aromatic nitrogens is 1. The van der Waals surface area contributed by atoms with Gasteiger partial charge in [0.1, 0.15) is 0 Å². The van der Waals surface area contributed by atoms with E-state index in [2.05, 4.69) is 39.1 Å². The Labute approximate surface area is 120 Å². The zero-order valence-electron chi connectivity index (χ0n) is 12.0. The number of pyridine rings is 1. The molecule has 102 valence electrons. The van der Waals surface area contributed by atoms with Crippen LogP contribution in [0, 0.1) is 6.92 Å². The molecule has 3 heteroatoms. The van der Waals surface area contributed by atoms with Crippen LogP contribution < -0.4 is 5.32 Å². The van der Waals surface area contributed by atoms with E-state index >= 15 is 0 Å². The summed E-state index contributed by atoms with van der Waals surface area (Å²) in [5, 5.41) is 5.40. The summed E-state index contributed by atoms with van der Waals surface area (Å²) in [5.41, 5.74) is 4.45. The maximum absolute atomic E-state index is 6.28. The van der Waals surface area contributed by atoms with Crippen LogP contribution in [-0.2, 0) is 0 Å². The van der Waals surface area contributed by atoms with Crippen LogP contribution in [0.1, 0.15) is 44.4 Å². The number of fused-ring (bicyclic) bond motifs is 1. The third-order valence-corrected chi connectivity index (χ3v) is 3.63. The molecule has 19 heavy (non-hydrogen) atoms. The minimum atomic E-state index is 0.440. The summed E-state index contributed by atoms with van der Waals surface area (Å²) in [6.07, 6.45) is 1.10. The lowest BCUT2D eigenvalue weighted by atomic mass is 9.96. The van der Waals surface area contributed by atoms with Crippen LogP contribution >= 0.6 is 11.6 Å². The summed E-state index contributed by atoms with van der Waals surface area (Å²) in [4.78, 5) is 4.69. The van der Waals surface area contributed by atoms with Gasteiger partial charge in [0.05, 0.1) is 10.5 Å². The van der Waals surface area contributed by atoms with Crippen LogP contribution in [-0.4, -0.2) is 11.5 Å². The molecule has 0 spiro atoms. The molecule has 0 amide bonds. The van der Waals surface area contributed by atoms with Crippen molar-refractivity contribution in [2.45, 2.75) is 40.0 Å². The van der Waals surface area contributed by atoms with Crippen LogP contribution in [0.25, 0.3) is 10.9 Å². The van der Waals surface area contributed by atoms with Gasteiger partial charge >= 0.3 is 0 Å². The number of para-hydroxylation sites is 1. The lowest BCUT2D eigenvalue weighted by molar-refractivity contribution is 0.845. The first kappa shape index (κ1) is 14.1. The monoisotopic (exact) mass is 276 g/mol. The Morgan fingerprint density at radius 2 is 2.05 bits per heavy atom. The normalized spacial score (nSPS) is 11.3. The molecule has 0 aliphatic carbocycles. The molecule has 0 saturated carbocycles. The predicted molar refractivity (Wildman–Crippen MR) is 84.4 cm³/mol. The Kier molecular flexibility index (Phi) is 4.31. The summed E-state index contributed by atoms with van der Waals surface area (Å²) in [7, 11) is 0. The summed E-state index contributed by atoms with van der Waals surface area (Å²) in [6.45, 7) is 9.61. The fourth-order valence-corrected chi connectivity index (χ4v) is 2.75. The fraction of sp³-hybridized carbons (Fsp3) is 0.438. The van der Waals surface area contributed by atoms with Crippen molar-refractivity contribution in [2.24, 2.45) is 0 Å². The minimum Gasteiger partial charge on any atom is -0.384 e. The zero-order chi connectivity index (χ0) is 14.0. The van der Waals surface area contributed by atoms with Crippen LogP contribution in [0.3, 0.4) is 0 Å².